The van der Waals surface area contributed by atoms with E-state index in [1.807, 2.05) is 0 Å². The maximum atomic E-state index is 10.0. The van der Waals surface area contributed by atoms with Gasteiger partial charge in [0.2, 0.25) is 0 Å². The molecule has 0 aliphatic heterocycles. The summed E-state index contributed by atoms with van der Waals surface area (Å²) in [7, 11) is 0. The van der Waals surface area contributed by atoms with Crippen LogP contribution in [0.15, 0.2) is 30.3 Å². The summed E-state index contributed by atoms with van der Waals surface area (Å²) in [4.78, 5) is 18.7. The Labute approximate surface area is 79.6 Å². The van der Waals surface area contributed by atoms with E-state index in [9.17, 15) is 10.1 Å². The minimum atomic E-state index is -1.19. The number of carboxylic acids is 1. The van der Waals surface area contributed by atoms with Gasteiger partial charge in [0.25, 0.3) is 5.69 Å². The van der Waals surface area contributed by atoms with E-state index in [-0.39, 0.29) is 5.69 Å². The SMILES string of the molecule is O=C(O)CO.O=[N+]([O-])c1ccccc1. The lowest BCUT2D eigenvalue weighted by molar-refractivity contribution is -0.384. The number of aliphatic hydroxyl groups is 1. The topological polar surface area (TPSA) is 101 Å². The molecule has 1 aromatic carbocycles. The summed E-state index contributed by atoms with van der Waals surface area (Å²) < 4.78 is 0. The van der Waals surface area contributed by atoms with E-state index in [0.29, 0.717) is 0 Å². The summed E-state index contributed by atoms with van der Waals surface area (Å²) in [6.45, 7) is -0.778. The Morgan fingerprint density at radius 2 is 1.79 bits per heavy atom. The summed E-state index contributed by atoms with van der Waals surface area (Å²) in [6.07, 6.45) is 0. The van der Waals surface area contributed by atoms with Crippen molar-refractivity contribution in [1.29, 1.82) is 0 Å². The third-order valence-electron chi connectivity index (χ3n) is 1.10. The van der Waals surface area contributed by atoms with E-state index in [4.69, 9.17) is 15.0 Å². The highest BCUT2D eigenvalue weighted by Crippen LogP contribution is 2.06. The lowest BCUT2D eigenvalue weighted by Gasteiger charge is -1.85. The Morgan fingerprint density at radius 3 is 2.00 bits per heavy atom. The molecule has 0 radical (unpaired) electrons. The molecular formula is C8H9NO5. The fraction of sp³-hybridized carbons (Fsp3) is 0.125. The summed E-state index contributed by atoms with van der Waals surface area (Å²) in [5, 5.41) is 25.0. The Balaban J connectivity index is 0.000000292. The van der Waals surface area contributed by atoms with Crippen LogP contribution in [-0.4, -0.2) is 27.7 Å². The molecule has 0 amide bonds. The van der Waals surface area contributed by atoms with Gasteiger partial charge in [0.1, 0.15) is 6.61 Å². The molecule has 6 heteroatoms. The van der Waals surface area contributed by atoms with Crippen molar-refractivity contribution in [2.45, 2.75) is 0 Å². The molecule has 0 aliphatic carbocycles. The number of carboxylic acid groups (broad SMARTS) is 1. The van der Waals surface area contributed by atoms with Crippen LogP contribution in [0.4, 0.5) is 5.69 Å². The largest absolute Gasteiger partial charge is 0.480 e. The van der Waals surface area contributed by atoms with Crippen molar-refractivity contribution >= 4 is 11.7 Å². The highest BCUT2D eigenvalue weighted by molar-refractivity contribution is 5.67. The number of benzene rings is 1. The molecule has 0 fully saturated rings. The van der Waals surface area contributed by atoms with E-state index in [2.05, 4.69) is 0 Å². The quantitative estimate of drug-likeness (QED) is 0.538. The van der Waals surface area contributed by atoms with Crippen molar-refractivity contribution in [3.8, 4) is 0 Å². The molecule has 1 rings (SSSR count). The van der Waals surface area contributed by atoms with Crippen molar-refractivity contribution in [3.63, 3.8) is 0 Å². The zero-order chi connectivity index (χ0) is 11.0. The third-order valence-corrected chi connectivity index (χ3v) is 1.10. The number of nitrogens with zero attached hydrogens (tertiary/aromatic N) is 1. The fourth-order valence-corrected chi connectivity index (χ4v) is 0.550. The summed E-state index contributed by atoms with van der Waals surface area (Å²) in [6, 6.07) is 7.93. The number of non-ortho nitro benzene ring substituents is 1. The zero-order valence-electron chi connectivity index (χ0n) is 7.16. The van der Waals surface area contributed by atoms with Crippen molar-refractivity contribution in [1.82, 2.24) is 0 Å². The summed E-state index contributed by atoms with van der Waals surface area (Å²) in [5.74, 6) is -1.19. The molecule has 0 saturated heterocycles. The minimum Gasteiger partial charge on any atom is -0.480 e. The van der Waals surface area contributed by atoms with Crippen LogP contribution in [0.3, 0.4) is 0 Å². The first kappa shape index (κ1) is 12.0. The molecule has 2 N–H and O–H groups in total. The summed E-state index contributed by atoms with van der Waals surface area (Å²) >= 11 is 0. The number of nitro benzene ring substituents is 1. The molecule has 0 aromatic heterocycles. The van der Waals surface area contributed by atoms with Gasteiger partial charge in [0.05, 0.1) is 4.92 Å². The first-order chi connectivity index (χ1) is 6.57. The molecule has 0 unspecified atom stereocenters. The number of nitro groups is 1. The highest BCUT2D eigenvalue weighted by Gasteiger charge is 1.98. The second-order valence-corrected chi connectivity index (χ2v) is 2.14. The van der Waals surface area contributed by atoms with Crippen LogP contribution in [0.5, 0.6) is 0 Å². The van der Waals surface area contributed by atoms with Crippen LogP contribution in [0.2, 0.25) is 0 Å². The van der Waals surface area contributed by atoms with Crippen LogP contribution < -0.4 is 0 Å². The molecule has 1 aromatic rings. The van der Waals surface area contributed by atoms with Crippen molar-refractivity contribution in [2.75, 3.05) is 6.61 Å². The van der Waals surface area contributed by atoms with Crippen molar-refractivity contribution in [2.24, 2.45) is 0 Å². The third kappa shape index (κ3) is 5.67. The van der Waals surface area contributed by atoms with Crippen molar-refractivity contribution < 1.29 is 19.9 Å². The minimum absolute atomic E-state index is 0.137. The van der Waals surface area contributed by atoms with Gasteiger partial charge in [-0.05, 0) is 0 Å². The number of aliphatic carboxylic acids is 1. The number of hydrogen-bond acceptors (Lipinski definition) is 4. The van der Waals surface area contributed by atoms with E-state index in [1.54, 1.807) is 18.2 Å². The van der Waals surface area contributed by atoms with Crippen LogP contribution >= 0.6 is 0 Å². The number of para-hydroxylation sites is 1. The number of aliphatic hydroxyl groups excluding tert-OH is 1. The van der Waals surface area contributed by atoms with Crippen molar-refractivity contribution in [3.05, 3.63) is 40.4 Å². The molecule has 0 heterocycles. The van der Waals surface area contributed by atoms with E-state index in [1.165, 1.54) is 12.1 Å². The lowest BCUT2D eigenvalue weighted by atomic mass is 10.3. The standard InChI is InChI=1S/C6H5NO2.C2H4O3/c8-7(9)6-4-2-1-3-5-6;3-1-2(4)5/h1-5H;3H,1H2,(H,4,5). The maximum Gasteiger partial charge on any atom is 0.329 e. The van der Waals surface area contributed by atoms with Gasteiger partial charge in [-0.2, -0.15) is 0 Å². The average molecular weight is 199 g/mol. The Morgan fingerprint density at radius 1 is 1.36 bits per heavy atom. The molecule has 0 aliphatic rings. The van der Waals surface area contributed by atoms with Gasteiger partial charge in [0.15, 0.2) is 0 Å². The molecule has 14 heavy (non-hydrogen) atoms. The van der Waals surface area contributed by atoms with Crippen LogP contribution in [0.1, 0.15) is 0 Å². The molecule has 0 spiro atoms. The summed E-state index contributed by atoms with van der Waals surface area (Å²) in [5.41, 5.74) is 0.137. The monoisotopic (exact) mass is 199 g/mol. The van der Waals surface area contributed by atoms with Gasteiger partial charge in [-0.25, -0.2) is 4.79 Å². The predicted octanol–water partition coefficient (Wildman–Crippen LogP) is 0.658. The molecule has 6 nitrogen and oxygen atoms in total. The first-order valence-corrected chi connectivity index (χ1v) is 3.60. The number of carbonyl (C=O) groups is 1. The Hall–Kier alpha value is -1.95. The molecule has 76 valence electrons. The first-order valence-electron chi connectivity index (χ1n) is 3.60. The second-order valence-electron chi connectivity index (χ2n) is 2.14. The van der Waals surface area contributed by atoms with Gasteiger partial charge in [-0.15, -0.1) is 0 Å². The smallest absolute Gasteiger partial charge is 0.329 e. The molecular weight excluding hydrogens is 190 g/mol. The van der Waals surface area contributed by atoms with E-state index < -0.39 is 17.5 Å². The molecule has 0 saturated carbocycles. The van der Waals surface area contributed by atoms with Crippen LogP contribution in [-0.2, 0) is 4.79 Å². The average Bonchev–Trinajstić information content (AvgIpc) is 2.20. The molecule has 0 atom stereocenters. The van der Waals surface area contributed by atoms with Gasteiger partial charge in [-0.3, -0.25) is 10.1 Å². The van der Waals surface area contributed by atoms with Gasteiger partial charge in [0, 0.05) is 12.1 Å². The highest BCUT2D eigenvalue weighted by atomic mass is 16.6. The normalized spacial score (nSPS) is 8.36. The zero-order valence-corrected chi connectivity index (χ0v) is 7.16. The lowest BCUT2D eigenvalue weighted by Crippen LogP contribution is -1.98. The predicted molar refractivity (Wildman–Crippen MR) is 47.8 cm³/mol. The van der Waals surface area contributed by atoms with E-state index >= 15 is 0 Å². The fourth-order valence-electron chi connectivity index (χ4n) is 0.550. The number of rotatable bonds is 2. The Bertz CT molecular complexity index is 298. The van der Waals surface area contributed by atoms with Gasteiger partial charge < -0.3 is 10.2 Å². The molecule has 0 bridgehead atoms. The van der Waals surface area contributed by atoms with Crippen LogP contribution in [0.25, 0.3) is 0 Å². The maximum absolute atomic E-state index is 10.0. The number of hydrogen-bond donors (Lipinski definition) is 2. The van der Waals surface area contributed by atoms with Crippen LogP contribution in [0, 0.1) is 10.1 Å². The van der Waals surface area contributed by atoms with E-state index in [0.717, 1.165) is 0 Å². The van der Waals surface area contributed by atoms with Gasteiger partial charge in [-0.1, -0.05) is 18.2 Å². The Kier molecular flexibility index (Phi) is 5.64. The van der Waals surface area contributed by atoms with Gasteiger partial charge >= 0.3 is 5.97 Å². The second kappa shape index (κ2) is 6.55.